The van der Waals surface area contributed by atoms with Crippen LogP contribution in [-0.4, -0.2) is 25.8 Å². The highest BCUT2D eigenvalue weighted by molar-refractivity contribution is 6.79. The van der Waals surface area contributed by atoms with Crippen molar-refractivity contribution < 1.29 is 0 Å². The highest BCUT2D eigenvalue weighted by Gasteiger charge is 2.48. The minimum atomic E-state index is -0.868. The Kier molecular flexibility index (Phi) is 2.53. The zero-order valence-electron chi connectivity index (χ0n) is 11.2. The van der Waals surface area contributed by atoms with Gasteiger partial charge in [-0.15, -0.1) is 11.6 Å². The first-order chi connectivity index (χ1) is 9.42. The van der Waals surface area contributed by atoms with Gasteiger partial charge in [-0.2, -0.15) is 0 Å². The largest absolute Gasteiger partial charge is 0.422 e. The molecule has 0 radical (unpaired) electrons. The summed E-state index contributed by atoms with van der Waals surface area (Å²) in [7, 11) is 0. The van der Waals surface area contributed by atoms with Crippen molar-refractivity contribution in [2.45, 2.75) is 50.2 Å². The second kappa shape index (κ2) is 4.25. The minimum absolute atomic E-state index is 0.729. The van der Waals surface area contributed by atoms with E-state index < -0.39 is 6.42 Å². The average molecular weight is 255 g/mol. The molecule has 2 saturated heterocycles. The molecule has 19 heavy (non-hydrogen) atoms. The lowest BCUT2D eigenvalue weighted by Gasteiger charge is -2.58. The standard InChI is InChI=1S/C14H20BN4/c1-5-13-7-2-8-14(6-1)15(13,18-11-3-9-16-18)19-12-4-10-17-19/h3-4,9-14H,1-2,5-8H2/q-1. The fourth-order valence-corrected chi connectivity index (χ4v) is 4.98. The van der Waals surface area contributed by atoms with Crippen LogP contribution in [0.15, 0.2) is 36.9 Å². The molecule has 2 bridgehead atoms. The Morgan fingerprint density at radius 3 is 1.63 bits per heavy atom. The van der Waals surface area contributed by atoms with Crippen molar-refractivity contribution in [2.24, 2.45) is 0 Å². The van der Waals surface area contributed by atoms with Crippen LogP contribution in [0.5, 0.6) is 0 Å². The van der Waals surface area contributed by atoms with E-state index in [-0.39, 0.29) is 0 Å². The Labute approximate surface area is 113 Å². The van der Waals surface area contributed by atoms with E-state index in [1.807, 2.05) is 12.4 Å². The molecule has 4 rings (SSSR count). The Morgan fingerprint density at radius 2 is 1.26 bits per heavy atom. The number of hydrogen-bond acceptors (Lipinski definition) is 2. The monoisotopic (exact) mass is 255 g/mol. The fraction of sp³-hybridized carbons (Fsp3) is 0.571. The van der Waals surface area contributed by atoms with Crippen LogP contribution in [0.25, 0.3) is 0 Å². The van der Waals surface area contributed by atoms with Gasteiger partial charge < -0.3 is 9.19 Å². The number of fused-ring (bicyclic) bond motifs is 2. The first-order valence-corrected chi connectivity index (χ1v) is 7.58. The fourth-order valence-electron chi connectivity index (χ4n) is 4.98. The van der Waals surface area contributed by atoms with E-state index in [0.717, 1.165) is 11.6 Å². The normalized spacial score (nSPS) is 29.3. The molecule has 0 atom stereocenters. The molecule has 0 N–H and O–H groups in total. The first kappa shape index (κ1) is 11.3. The molecule has 2 aromatic heterocycles. The van der Waals surface area contributed by atoms with Gasteiger partial charge in [-0.05, 0) is 24.5 Å². The quantitative estimate of drug-likeness (QED) is 0.773. The number of aromatic nitrogens is 4. The summed E-state index contributed by atoms with van der Waals surface area (Å²) < 4.78 is 4.50. The molecule has 2 aliphatic rings. The van der Waals surface area contributed by atoms with Gasteiger partial charge in [0.25, 0.3) is 0 Å². The van der Waals surface area contributed by atoms with Crippen molar-refractivity contribution in [1.82, 2.24) is 19.4 Å². The third kappa shape index (κ3) is 1.47. The Morgan fingerprint density at radius 1 is 0.789 bits per heavy atom. The van der Waals surface area contributed by atoms with Gasteiger partial charge in [0, 0.05) is 12.4 Å². The van der Waals surface area contributed by atoms with E-state index >= 15 is 0 Å². The van der Waals surface area contributed by atoms with Gasteiger partial charge in [0.1, 0.15) is 0 Å². The molecule has 2 fully saturated rings. The summed E-state index contributed by atoms with van der Waals surface area (Å²) in [5.74, 6) is 1.46. The number of rotatable bonds is 2. The lowest BCUT2D eigenvalue weighted by atomic mass is 9.24. The van der Waals surface area contributed by atoms with Crippen molar-refractivity contribution in [2.75, 3.05) is 0 Å². The zero-order chi connectivity index (χ0) is 12.7. The van der Waals surface area contributed by atoms with E-state index in [1.165, 1.54) is 38.5 Å². The van der Waals surface area contributed by atoms with Gasteiger partial charge in [0.05, 0.1) is 0 Å². The Hall–Kier alpha value is -1.52. The van der Waals surface area contributed by atoms with Crippen LogP contribution in [0.1, 0.15) is 38.5 Å². The third-order valence-electron chi connectivity index (χ3n) is 5.58. The van der Waals surface area contributed by atoms with Gasteiger partial charge in [0.15, 0.2) is 0 Å². The summed E-state index contributed by atoms with van der Waals surface area (Å²) in [6.07, 6.45) is 15.3. The maximum Gasteiger partial charge on any atom is 0.232 e. The van der Waals surface area contributed by atoms with E-state index in [9.17, 15) is 0 Å². The zero-order valence-corrected chi connectivity index (χ0v) is 11.2. The summed E-state index contributed by atoms with van der Waals surface area (Å²) >= 11 is 0. The molecule has 0 aliphatic carbocycles. The SMILES string of the molecule is c1cnn([B-]2(n3cccn3)C3CCCC2CCC3)c1. The third-order valence-corrected chi connectivity index (χ3v) is 5.58. The van der Waals surface area contributed by atoms with Crippen LogP contribution in [0.2, 0.25) is 11.6 Å². The molecule has 0 amide bonds. The van der Waals surface area contributed by atoms with Gasteiger partial charge in [-0.3, -0.25) is 0 Å². The van der Waals surface area contributed by atoms with Crippen LogP contribution >= 0.6 is 0 Å². The minimum Gasteiger partial charge on any atom is -0.422 e. The topological polar surface area (TPSA) is 35.6 Å². The summed E-state index contributed by atoms with van der Waals surface area (Å²) in [5, 5.41) is 9.27. The summed E-state index contributed by atoms with van der Waals surface area (Å²) in [6.45, 7) is 0. The van der Waals surface area contributed by atoms with Crippen LogP contribution in [0.4, 0.5) is 0 Å². The van der Waals surface area contributed by atoms with Crippen LogP contribution in [0.3, 0.4) is 0 Å². The van der Waals surface area contributed by atoms with E-state index in [2.05, 4.69) is 43.9 Å². The Balaban J connectivity index is 1.93. The molecule has 5 heteroatoms. The van der Waals surface area contributed by atoms with Crippen molar-refractivity contribution in [3.63, 3.8) is 0 Å². The van der Waals surface area contributed by atoms with Crippen LogP contribution in [0, 0.1) is 0 Å². The van der Waals surface area contributed by atoms with Crippen molar-refractivity contribution in [3.8, 4) is 0 Å². The number of nitrogens with zero attached hydrogens (tertiary/aromatic N) is 4. The van der Waals surface area contributed by atoms with Crippen LogP contribution in [-0.2, 0) is 0 Å². The average Bonchev–Trinajstić information content (AvgIpc) is 3.11. The highest BCUT2D eigenvalue weighted by atomic mass is 15.4. The molecule has 0 saturated carbocycles. The maximum atomic E-state index is 4.63. The van der Waals surface area contributed by atoms with E-state index in [0.29, 0.717) is 0 Å². The van der Waals surface area contributed by atoms with Crippen molar-refractivity contribution in [1.29, 1.82) is 0 Å². The van der Waals surface area contributed by atoms with Gasteiger partial charge in [0.2, 0.25) is 6.42 Å². The lowest BCUT2D eigenvalue weighted by Crippen LogP contribution is -2.62. The van der Waals surface area contributed by atoms with E-state index in [1.54, 1.807) is 0 Å². The summed E-state index contributed by atoms with van der Waals surface area (Å²) in [4.78, 5) is 0. The first-order valence-electron chi connectivity index (χ1n) is 7.58. The van der Waals surface area contributed by atoms with Gasteiger partial charge >= 0.3 is 0 Å². The molecule has 0 unspecified atom stereocenters. The number of hydrogen-bond donors (Lipinski definition) is 0. The summed E-state index contributed by atoms with van der Waals surface area (Å²) in [5.41, 5.74) is 0. The van der Waals surface area contributed by atoms with Crippen LogP contribution < -0.4 is 0 Å². The maximum absolute atomic E-state index is 4.63. The van der Waals surface area contributed by atoms with Gasteiger partial charge in [-0.25, -0.2) is 10.2 Å². The highest BCUT2D eigenvalue weighted by Crippen LogP contribution is 2.53. The smallest absolute Gasteiger partial charge is 0.232 e. The molecular formula is C14H20BN4-. The molecule has 100 valence electrons. The molecule has 0 aromatic carbocycles. The second-order valence-corrected chi connectivity index (χ2v) is 6.26. The van der Waals surface area contributed by atoms with Gasteiger partial charge in [-0.1, -0.05) is 38.5 Å². The molecule has 0 spiro atoms. The van der Waals surface area contributed by atoms with E-state index in [4.69, 9.17) is 0 Å². The molecule has 4 nitrogen and oxygen atoms in total. The lowest BCUT2D eigenvalue weighted by molar-refractivity contribution is 0.402. The summed E-state index contributed by atoms with van der Waals surface area (Å²) in [6, 6.07) is 4.11. The molecule has 4 heterocycles. The Bertz CT molecular complexity index is 476. The molecular weight excluding hydrogens is 235 g/mol. The molecule has 2 aromatic rings. The predicted molar refractivity (Wildman–Crippen MR) is 76.2 cm³/mol. The predicted octanol–water partition coefficient (Wildman–Crippen LogP) is 3.03. The van der Waals surface area contributed by atoms with Crippen molar-refractivity contribution >= 4 is 6.42 Å². The second-order valence-electron chi connectivity index (χ2n) is 6.26. The molecule has 2 aliphatic heterocycles. The van der Waals surface area contributed by atoms with Crippen molar-refractivity contribution in [3.05, 3.63) is 36.9 Å².